The van der Waals surface area contributed by atoms with Gasteiger partial charge in [-0.2, -0.15) is 5.26 Å². The maximum atomic E-state index is 13.2. The van der Waals surface area contributed by atoms with Gasteiger partial charge in [-0.3, -0.25) is 0 Å². The van der Waals surface area contributed by atoms with Gasteiger partial charge in [-0.1, -0.05) is 0 Å². The van der Waals surface area contributed by atoms with Gasteiger partial charge < -0.3 is 5.73 Å². The van der Waals surface area contributed by atoms with Crippen molar-refractivity contribution in [3.05, 3.63) is 33.8 Å². The van der Waals surface area contributed by atoms with E-state index in [1.54, 1.807) is 6.07 Å². The summed E-state index contributed by atoms with van der Waals surface area (Å²) in [5, 5.41) is 8.68. The molecule has 2 N–H and O–H groups in total. The average molecular weight is 261 g/mol. The maximum absolute atomic E-state index is 13.2. The summed E-state index contributed by atoms with van der Waals surface area (Å²) in [5.41, 5.74) is 4.02. The number of nitriles is 1. The van der Waals surface area contributed by atoms with Crippen LogP contribution >= 0.6 is 15.9 Å². The number of hydrogen-bond donors (Lipinski definition) is 1. The number of rotatable bonds is 1. The summed E-state index contributed by atoms with van der Waals surface area (Å²) >= 11 is 2.90. The van der Waals surface area contributed by atoms with Crippen LogP contribution in [0.15, 0.2) is 16.6 Å². The van der Waals surface area contributed by atoms with Crippen LogP contribution in [0, 0.1) is 23.0 Å². The minimum Gasteiger partial charge on any atom is -0.310 e. The molecule has 0 amide bonds. The van der Waals surface area contributed by atoms with E-state index in [4.69, 9.17) is 11.0 Å². The smallest absolute Gasteiger partial charge is 0.140 e. The fourth-order valence-corrected chi connectivity index (χ4v) is 1.32. The molecule has 0 aromatic heterocycles. The minimum absolute atomic E-state index is 0.0340. The van der Waals surface area contributed by atoms with E-state index in [-0.39, 0.29) is 10.0 Å². The molecule has 1 aromatic rings. The molecule has 0 radical (unpaired) electrons. The molecule has 0 spiro atoms. The first-order valence-corrected chi connectivity index (χ1v) is 4.53. The predicted molar refractivity (Wildman–Crippen MR) is 51.2 cm³/mol. The Morgan fingerprint density at radius 2 is 2.00 bits per heavy atom. The van der Waals surface area contributed by atoms with E-state index in [0.717, 1.165) is 0 Å². The first kappa shape index (κ1) is 11.1. The molecule has 0 fully saturated rings. The molecule has 14 heavy (non-hydrogen) atoms. The summed E-state index contributed by atoms with van der Waals surface area (Å²) in [4.78, 5) is 0. The van der Waals surface area contributed by atoms with E-state index in [2.05, 4.69) is 15.9 Å². The average Bonchev–Trinajstić information content (AvgIpc) is 2.11. The topological polar surface area (TPSA) is 49.8 Å². The van der Waals surface area contributed by atoms with Crippen molar-refractivity contribution in [1.29, 1.82) is 5.26 Å². The molecule has 74 valence electrons. The molecular formula is C9H7BrF2N2. The Labute approximate surface area is 88.5 Å². The fourth-order valence-electron chi connectivity index (χ4n) is 0.981. The molecule has 0 aliphatic heterocycles. The molecule has 0 heterocycles. The summed E-state index contributed by atoms with van der Waals surface area (Å²) in [6.45, 7) is 1.36. The van der Waals surface area contributed by atoms with Crippen LogP contribution in [-0.2, 0) is 5.54 Å². The van der Waals surface area contributed by atoms with Crippen molar-refractivity contribution >= 4 is 15.9 Å². The highest BCUT2D eigenvalue weighted by Gasteiger charge is 2.25. The van der Waals surface area contributed by atoms with Crippen molar-refractivity contribution in [1.82, 2.24) is 0 Å². The highest BCUT2D eigenvalue weighted by Crippen LogP contribution is 2.26. The molecule has 5 heteroatoms. The number of hydrogen-bond acceptors (Lipinski definition) is 2. The third-order valence-electron chi connectivity index (χ3n) is 1.80. The second kappa shape index (κ2) is 3.64. The Hall–Kier alpha value is -0.990. The monoisotopic (exact) mass is 260 g/mol. The molecule has 1 rings (SSSR count). The van der Waals surface area contributed by atoms with E-state index in [1.165, 1.54) is 13.0 Å². The zero-order chi connectivity index (χ0) is 10.9. The third kappa shape index (κ3) is 1.91. The van der Waals surface area contributed by atoms with Crippen LogP contribution < -0.4 is 5.73 Å². The van der Waals surface area contributed by atoms with Crippen LogP contribution in [0.2, 0.25) is 0 Å². The lowest BCUT2D eigenvalue weighted by Crippen LogP contribution is -2.32. The molecule has 0 saturated carbocycles. The first-order valence-electron chi connectivity index (χ1n) is 3.73. The minimum atomic E-state index is -1.46. The van der Waals surface area contributed by atoms with Crippen molar-refractivity contribution in [3.63, 3.8) is 0 Å². The van der Waals surface area contributed by atoms with Gasteiger partial charge in [0.15, 0.2) is 0 Å². The summed E-state index contributed by atoms with van der Waals surface area (Å²) in [5.74, 6) is -1.54. The molecule has 0 aliphatic carbocycles. The second-order valence-corrected chi connectivity index (χ2v) is 3.91. The predicted octanol–water partition coefficient (Wildman–Crippen LogP) is 2.42. The highest BCUT2D eigenvalue weighted by molar-refractivity contribution is 9.10. The van der Waals surface area contributed by atoms with Gasteiger partial charge in [0.25, 0.3) is 0 Å². The Morgan fingerprint density at radius 1 is 1.43 bits per heavy atom. The lowest BCUT2D eigenvalue weighted by Gasteiger charge is -2.17. The first-order chi connectivity index (χ1) is 6.38. The number of benzene rings is 1. The molecule has 0 aliphatic rings. The summed E-state index contributed by atoms with van der Waals surface area (Å²) < 4.78 is 26.1. The quantitative estimate of drug-likeness (QED) is 0.789. The van der Waals surface area contributed by atoms with E-state index in [9.17, 15) is 8.78 Å². The number of nitrogens with zero attached hydrogens (tertiary/aromatic N) is 1. The summed E-state index contributed by atoms with van der Waals surface area (Å²) in [6, 6.07) is 3.61. The molecule has 0 saturated heterocycles. The Bertz CT molecular complexity index is 410. The number of halogens is 3. The van der Waals surface area contributed by atoms with Crippen molar-refractivity contribution in [2.75, 3.05) is 0 Å². The van der Waals surface area contributed by atoms with Gasteiger partial charge in [-0.15, -0.1) is 0 Å². The number of nitrogens with two attached hydrogens (primary N) is 1. The Balaban J connectivity index is 3.38. The van der Waals surface area contributed by atoms with Gasteiger partial charge >= 0.3 is 0 Å². The van der Waals surface area contributed by atoms with Crippen LogP contribution in [0.4, 0.5) is 8.78 Å². The van der Waals surface area contributed by atoms with Crippen molar-refractivity contribution in [2.45, 2.75) is 12.5 Å². The molecule has 1 aromatic carbocycles. The van der Waals surface area contributed by atoms with E-state index >= 15 is 0 Å². The van der Waals surface area contributed by atoms with Gasteiger partial charge in [0.2, 0.25) is 0 Å². The van der Waals surface area contributed by atoms with Crippen LogP contribution in [-0.4, -0.2) is 0 Å². The molecule has 0 bridgehead atoms. The van der Waals surface area contributed by atoms with Gasteiger partial charge in [0, 0.05) is 11.6 Å². The third-order valence-corrected chi connectivity index (χ3v) is 2.41. The lowest BCUT2D eigenvalue weighted by atomic mass is 9.94. The van der Waals surface area contributed by atoms with E-state index < -0.39 is 17.2 Å². The maximum Gasteiger partial charge on any atom is 0.140 e. The van der Waals surface area contributed by atoms with Gasteiger partial charge in [0.05, 0.1) is 10.5 Å². The van der Waals surface area contributed by atoms with Crippen molar-refractivity contribution < 1.29 is 8.78 Å². The molecular weight excluding hydrogens is 254 g/mol. The lowest BCUT2D eigenvalue weighted by molar-refractivity contribution is 0.530. The fraction of sp³-hybridized carbons (Fsp3) is 0.222. The second-order valence-electron chi connectivity index (χ2n) is 3.06. The van der Waals surface area contributed by atoms with Gasteiger partial charge in [0.1, 0.15) is 17.2 Å². The van der Waals surface area contributed by atoms with Crippen LogP contribution in [0.1, 0.15) is 12.5 Å². The summed E-state index contributed by atoms with van der Waals surface area (Å²) in [7, 11) is 0. The van der Waals surface area contributed by atoms with Crippen LogP contribution in [0.25, 0.3) is 0 Å². The highest BCUT2D eigenvalue weighted by atomic mass is 79.9. The van der Waals surface area contributed by atoms with Gasteiger partial charge in [-0.25, -0.2) is 8.78 Å². The summed E-state index contributed by atoms with van der Waals surface area (Å²) in [6.07, 6.45) is 0. The normalized spacial score (nSPS) is 14.6. The SMILES string of the molecule is CC(N)(C#N)c1cc(Br)c(F)cc1F. The molecule has 1 unspecified atom stereocenters. The van der Waals surface area contributed by atoms with Crippen LogP contribution in [0.5, 0.6) is 0 Å². The molecule has 2 nitrogen and oxygen atoms in total. The van der Waals surface area contributed by atoms with E-state index in [0.29, 0.717) is 6.07 Å². The van der Waals surface area contributed by atoms with Crippen LogP contribution in [0.3, 0.4) is 0 Å². The largest absolute Gasteiger partial charge is 0.310 e. The molecule has 1 atom stereocenters. The van der Waals surface area contributed by atoms with E-state index in [1.807, 2.05) is 0 Å². The zero-order valence-corrected chi connectivity index (χ0v) is 8.90. The Morgan fingerprint density at radius 3 is 2.50 bits per heavy atom. The van der Waals surface area contributed by atoms with Crippen molar-refractivity contribution in [2.24, 2.45) is 5.73 Å². The van der Waals surface area contributed by atoms with Crippen molar-refractivity contribution in [3.8, 4) is 6.07 Å². The zero-order valence-electron chi connectivity index (χ0n) is 7.31. The standard InChI is InChI=1S/C9H7BrF2N2/c1-9(14,4-13)5-2-6(10)8(12)3-7(5)11/h2-3H,14H2,1H3. The Kier molecular flexibility index (Phi) is 2.88. The van der Waals surface area contributed by atoms with Gasteiger partial charge in [-0.05, 0) is 28.9 Å².